The molecule has 6 nitrogen and oxygen atoms in total. The summed E-state index contributed by atoms with van der Waals surface area (Å²) in [4.78, 5) is 22.4. The predicted molar refractivity (Wildman–Crippen MR) is 84.9 cm³/mol. The molecule has 1 aliphatic rings. The van der Waals surface area contributed by atoms with Crippen LogP contribution in [0.5, 0.6) is 0 Å². The molecule has 1 aromatic rings. The van der Waals surface area contributed by atoms with Gasteiger partial charge in [-0.15, -0.1) is 0 Å². The number of anilines is 1. The highest BCUT2D eigenvalue weighted by Gasteiger charge is 2.36. The molecule has 1 fully saturated rings. The summed E-state index contributed by atoms with van der Waals surface area (Å²) in [5, 5.41) is 13.7. The van der Waals surface area contributed by atoms with Crippen molar-refractivity contribution in [2.75, 3.05) is 18.5 Å². The van der Waals surface area contributed by atoms with Crippen LogP contribution in [0.3, 0.4) is 0 Å². The fraction of sp³-hybridized carbons (Fsp3) is 0.462. The Morgan fingerprint density at radius 2 is 2.24 bits per heavy atom. The standard InChI is InChI=1S/C13H16ClN3O3S/c1-21-13(3-2-4-13)7-16-12(18)8-5-9(14)11(15)10(6-8)17(19)20/h5-6H,2-4,7,15H2,1H3,(H,16,18). The average molecular weight is 330 g/mol. The van der Waals surface area contributed by atoms with Crippen molar-refractivity contribution in [2.45, 2.75) is 24.0 Å². The molecule has 0 unspecified atom stereocenters. The molecule has 0 aliphatic heterocycles. The third-order valence-electron chi connectivity index (χ3n) is 3.84. The number of nitrogens with zero attached hydrogens (tertiary/aromatic N) is 1. The van der Waals surface area contributed by atoms with Crippen molar-refractivity contribution in [1.82, 2.24) is 5.32 Å². The third kappa shape index (κ3) is 3.24. The number of carbonyl (C=O) groups is 1. The summed E-state index contributed by atoms with van der Waals surface area (Å²) in [7, 11) is 0. The summed E-state index contributed by atoms with van der Waals surface area (Å²) >= 11 is 7.59. The minimum Gasteiger partial charge on any atom is -0.392 e. The van der Waals surface area contributed by atoms with Crippen LogP contribution in [0.1, 0.15) is 29.6 Å². The fourth-order valence-corrected chi connectivity index (χ4v) is 3.38. The second-order valence-corrected chi connectivity index (χ2v) is 6.75. The van der Waals surface area contributed by atoms with Crippen LogP contribution >= 0.6 is 23.4 Å². The van der Waals surface area contributed by atoms with E-state index in [0.29, 0.717) is 6.54 Å². The van der Waals surface area contributed by atoms with Crippen molar-refractivity contribution in [2.24, 2.45) is 0 Å². The summed E-state index contributed by atoms with van der Waals surface area (Å²) in [5.74, 6) is -0.375. The van der Waals surface area contributed by atoms with Crippen LogP contribution in [0.4, 0.5) is 11.4 Å². The molecule has 21 heavy (non-hydrogen) atoms. The van der Waals surface area contributed by atoms with E-state index in [1.54, 1.807) is 11.8 Å². The summed E-state index contributed by atoms with van der Waals surface area (Å²) in [6, 6.07) is 2.51. The summed E-state index contributed by atoms with van der Waals surface area (Å²) in [6.07, 6.45) is 5.32. The van der Waals surface area contributed by atoms with Gasteiger partial charge in [0.05, 0.1) is 9.95 Å². The first-order chi connectivity index (χ1) is 9.88. The highest BCUT2D eigenvalue weighted by Crippen LogP contribution is 2.42. The van der Waals surface area contributed by atoms with Gasteiger partial charge in [0.2, 0.25) is 0 Å². The Bertz CT molecular complexity index is 585. The lowest BCUT2D eigenvalue weighted by Gasteiger charge is -2.40. The molecule has 0 heterocycles. The molecular weight excluding hydrogens is 314 g/mol. The van der Waals surface area contributed by atoms with Crippen LogP contribution < -0.4 is 11.1 Å². The van der Waals surface area contributed by atoms with Gasteiger partial charge in [-0.3, -0.25) is 14.9 Å². The minimum absolute atomic E-state index is 0.0116. The molecule has 0 spiro atoms. The number of nitro groups is 1. The van der Waals surface area contributed by atoms with Crippen molar-refractivity contribution >= 4 is 40.6 Å². The van der Waals surface area contributed by atoms with Gasteiger partial charge in [0.25, 0.3) is 11.6 Å². The lowest BCUT2D eigenvalue weighted by atomic mass is 9.84. The fourth-order valence-electron chi connectivity index (χ4n) is 2.25. The van der Waals surface area contributed by atoms with Gasteiger partial charge in [-0.05, 0) is 25.2 Å². The van der Waals surface area contributed by atoms with Gasteiger partial charge < -0.3 is 11.1 Å². The number of nitrogen functional groups attached to an aromatic ring is 1. The predicted octanol–water partition coefficient (Wildman–Crippen LogP) is 2.85. The first-order valence-corrected chi connectivity index (χ1v) is 8.05. The maximum absolute atomic E-state index is 12.1. The van der Waals surface area contributed by atoms with Gasteiger partial charge in [-0.1, -0.05) is 18.0 Å². The largest absolute Gasteiger partial charge is 0.392 e. The van der Waals surface area contributed by atoms with Gasteiger partial charge >= 0.3 is 0 Å². The van der Waals surface area contributed by atoms with E-state index in [-0.39, 0.29) is 32.6 Å². The van der Waals surface area contributed by atoms with Gasteiger partial charge in [0.15, 0.2) is 0 Å². The summed E-state index contributed by atoms with van der Waals surface area (Å²) in [5.41, 5.74) is 5.21. The number of nitrogens with one attached hydrogen (secondary N) is 1. The molecule has 1 aromatic carbocycles. The number of hydrogen-bond donors (Lipinski definition) is 2. The zero-order valence-corrected chi connectivity index (χ0v) is 13.1. The summed E-state index contributed by atoms with van der Waals surface area (Å²) < 4.78 is 0.0964. The Hall–Kier alpha value is -1.47. The van der Waals surface area contributed by atoms with Crippen molar-refractivity contribution in [1.29, 1.82) is 0 Å². The molecule has 0 bridgehead atoms. The highest BCUT2D eigenvalue weighted by molar-refractivity contribution is 8.00. The lowest BCUT2D eigenvalue weighted by Crippen LogP contribution is -2.45. The number of carbonyl (C=O) groups excluding carboxylic acids is 1. The number of nitrogens with two attached hydrogens (primary N) is 1. The number of nitro benzene ring substituents is 1. The molecule has 3 N–H and O–H groups in total. The quantitative estimate of drug-likeness (QED) is 0.491. The smallest absolute Gasteiger partial charge is 0.294 e. The SMILES string of the molecule is CSC1(CNC(=O)c2cc(Cl)c(N)c([N+](=O)[O-])c2)CCC1. The van der Waals surface area contributed by atoms with Crippen LogP contribution in [-0.4, -0.2) is 28.4 Å². The number of benzene rings is 1. The third-order valence-corrected chi connectivity index (χ3v) is 5.57. The molecule has 0 atom stereocenters. The van der Waals surface area contributed by atoms with Crippen molar-refractivity contribution in [3.05, 3.63) is 32.8 Å². The Labute approximate surface area is 131 Å². The molecule has 1 amide bonds. The topological polar surface area (TPSA) is 98.3 Å². The normalized spacial score (nSPS) is 16.1. The van der Waals surface area contributed by atoms with Crippen molar-refractivity contribution < 1.29 is 9.72 Å². The van der Waals surface area contributed by atoms with Crippen molar-refractivity contribution in [3.8, 4) is 0 Å². The van der Waals surface area contributed by atoms with E-state index in [2.05, 4.69) is 5.32 Å². The van der Waals surface area contributed by atoms with Crippen LogP contribution in [-0.2, 0) is 0 Å². The molecule has 0 aromatic heterocycles. The molecular formula is C13H16ClN3O3S. The minimum atomic E-state index is -0.646. The zero-order chi connectivity index (χ0) is 15.6. The number of halogens is 1. The highest BCUT2D eigenvalue weighted by atomic mass is 35.5. The number of hydrogen-bond acceptors (Lipinski definition) is 5. The van der Waals surface area contributed by atoms with Crippen LogP contribution in [0.2, 0.25) is 5.02 Å². The molecule has 1 aliphatic carbocycles. The van der Waals surface area contributed by atoms with E-state index in [1.165, 1.54) is 6.07 Å². The molecule has 8 heteroatoms. The molecule has 114 valence electrons. The van der Waals surface area contributed by atoms with E-state index in [0.717, 1.165) is 25.3 Å². The monoisotopic (exact) mass is 329 g/mol. The van der Waals surface area contributed by atoms with Crippen molar-refractivity contribution in [3.63, 3.8) is 0 Å². The maximum atomic E-state index is 12.1. The molecule has 0 saturated heterocycles. The Balaban J connectivity index is 2.14. The second kappa shape index (κ2) is 6.11. The van der Waals surface area contributed by atoms with Crippen LogP contribution in [0.15, 0.2) is 12.1 Å². The van der Waals surface area contributed by atoms with Gasteiger partial charge in [-0.2, -0.15) is 11.8 Å². The van der Waals surface area contributed by atoms with E-state index < -0.39 is 4.92 Å². The average Bonchev–Trinajstić information content (AvgIpc) is 2.40. The zero-order valence-electron chi connectivity index (χ0n) is 11.5. The summed E-state index contributed by atoms with van der Waals surface area (Å²) in [6.45, 7) is 0.544. The Morgan fingerprint density at radius 3 is 2.71 bits per heavy atom. The van der Waals surface area contributed by atoms with Gasteiger partial charge in [-0.25, -0.2) is 0 Å². The molecule has 1 saturated carbocycles. The first-order valence-electron chi connectivity index (χ1n) is 6.45. The van der Waals surface area contributed by atoms with Gasteiger partial charge in [0.1, 0.15) is 5.69 Å². The second-order valence-electron chi connectivity index (χ2n) is 5.07. The number of thioether (sulfide) groups is 1. The maximum Gasteiger partial charge on any atom is 0.294 e. The number of rotatable bonds is 5. The van der Waals surface area contributed by atoms with E-state index in [1.807, 2.05) is 6.26 Å². The van der Waals surface area contributed by atoms with Gasteiger partial charge in [0, 0.05) is 22.9 Å². The lowest BCUT2D eigenvalue weighted by molar-refractivity contribution is -0.383. The van der Waals surface area contributed by atoms with E-state index in [9.17, 15) is 14.9 Å². The Kier molecular flexibility index (Phi) is 4.63. The van der Waals surface area contributed by atoms with E-state index >= 15 is 0 Å². The number of amides is 1. The molecule has 2 rings (SSSR count). The Morgan fingerprint density at radius 1 is 1.57 bits per heavy atom. The first kappa shape index (κ1) is 15.9. The van der Waals surface area contributed by atoms with Crippen LogP contribution in [0, 0.1) is 10.1 Å². The van der Waals surface area contributed by atoms with E-state index in [4.69, 9.17) is 17.3 Å². The van der Waals surface area contributed by atoms with Crippen LogP contribution in [0.25, 0.3) is 0 Å². The molecule has 0 radical (unpaired) electrons.